The summed E-state index contributed by atoms with van der Waals surface area (Å²) in [6, 6.07) is 4.06. The summed E-state index contributed by atoms with van der Waals surface area (Å²) in [6.07, 6.45) is 1.01. The predicted octanol–water partition coefficient (Wildman–Crippen LogP) is 3.76. The predicted molar refractivity (Wildman–Crippen MR) is 74.3 cm³/mol. The van der Waals surface area contributed by atoms with Crippen LogP contribution in [0.2, 0.25) is 5.02 Å². The molecule has 0 fully saturated rings. The number of nitrogens with one attached hydrogen (secondary N) is 1. The molecule has 0 amide bonds. The van der Waals surface area contributed by atoms with E-state index in [1.807, 2.05) is 26.1 Å². The lowest BCUT2D eigenvalue weighted by Gasteiger charge is -2.16. The van der Waals surface area contributed by atoms with Gasteiger partial charge in [0.2, 0.25) is 0 Å². The maximum absolute atomic E-state index is 6.15. The second-order valence-corrected chi connectivity index (χ2v) is 5.01. The van der Waals surface area contributed by atoms with Crippen molar-refractivity contribution in [1.29, 1.82) is 0 Å². The molecule has 1 N–H and O–H groups in total. The highest BCUT2D eigenvalue weighted by Gasteiger charge is 2.10. The highest BCUT2D eigenvalue weighted by Crippen LogP contribution is 2.31. The molecule has 0 heterocycles. The third-order valence-electron chi connectivity index (χ3n) is 2.74. The lowest BCUT2D eigenvalue weighted by Crippen LogP contribution is -2.12. The largest absolute Gasteiger partial charge is 0.493 e. The van der Waals surface area contributed by atoms with E-state index in [0.29, 0.717) is 5.92 Å². The van der Waals surface area contributed by atoms with Crippen molar-refractivity contribution in [2.75, 3.05) is 20.2 Å². The number of ether oxygens (including phenoxy) is 1. The topological polar surface area (TPSA) is 21.3 Å². The van der Waals surface area contributed by atoms with Crippen LogP contribution in [0.1, 0.15) is 37.3 Å². The van der Waals surface area contributed by atoms with Crippen LogP contribution in [0.3, 0.4) is 0 Å². The zero-order chi connectivity index (χ0) is 12.8. The Labute approximate surface area is 109 Å². The van der Waals surface area contributed by atoms with Gasteiger partial charge in [0.25, 0.3) is 0 Å². The van der Waals surface area contributed by atoms with Crippen LogP contribution >= 0.6 is 11.6 Å². The molecular formula is C14H22ClNO. The molecule has 1 aromatic carbocycles. The highest BCUT2D eigenvalue weighted by molar-refractivity contribution is 6.31. The second kappa shape index (κ2) is 6.87. The molecule has 0 saturated carbocycles. The molecule has 0 aliphatic heterocycles. The fourth-order valence-corrected chi connectivity index (χ4v) is 1.85. The van der Waals surface area contributed by atoms with E-state index in [1.165, 1.54) is 5.56 Å². The summed E-state index contributed by atoms with van der Waals surface area (Å²) < 4.78 is 5.84. The van der Waals surface area contributed by atoms with Crippen LogP contribution in [0.25, 0.3) is 0 Å². The minimum atomic E-state index is 0.424. The van der Waals surface area contributed by atoms with E-state index in [9.17, 15) is 0 Å². The van der Waals surface area contributed by atoms with Gasteiger partial charge in [-0.25, -0.2) is 0 Å². The normalized spacial score (nSPS) is 10.9. The van der Waals surface area contributed by atoms with Gasteiger partial charge in [-0.15, -0.1) is 0 Å². The Morgan fingerprint density at radius 2 is 2.06 bits per heavy atom. The smallest absolute Gasteiger partial charge is 0.123 e. The molecule has 0 aliphatic rings. The zero-order valence-electron chi connectivity index (χ0n) is 11.1. The van der Waals surface area contributed by atoms with Crippen LogP contribution in [0.15, 0.2) is 12.1 Å². The van der Waals surface area contributed by atoms with Gasteiger partial charge in [0.05, 0.1) is 6.61 Å². The van der Waals surface area contributed by atoms with Crippen molar-refractivity contribution in [2.45, 2.75) is 33.1 Å². The molecule has 1 rings (SSSR count). The minimum absolute atomic E-state index is 0.424. The number of benzene rings is 1. The van der Waals surface area contributed by atoms with Gasteiger partial charge < -0.3 is 10.1 Å². The van der Waals surface area contributed by atoms with Crippen molar-refractivity contribution in [2.24, 2.45) is 0 Å². The first-order valence-electron chi connectivity index (χ1n) is 6.13. The number of rotatable bonds is 6. The first kappa shape index (κ1) is 14.3. The van der Waals surface area contributed by atoms with Gasteiger partial charge in [-0.3, -0.25) is 0 Å². The average Bonchev–Trinajstić information content (AvgIpc) is 2.28. The monoisotopic (exact) mass is 255 g/mol. The Balaban J connectivity index is 2.78. The third kappa shape index (κ3) is 4.21. The van der Waals surface area contributed by atoms with E-state index in [1.54, 1.807) is 0 Å². The highest BCUT2D eigenvalue weighted by atomic mass is 35.5. The van der Waals surface area contributed by atoms with E-state index in [2.05, 4.69) is 19.2 Å². The summed E-state index contributed by atoms with van der Waals surface area (Å²) in [5.74, 6) is 1.39. The van der Waals surface area contributed by atoms with Gasteiger partial charge in [0.15, 0.2) is 0 Å². The molecule has 0 radical (unpaired) electrons. The van der Waals surface area contributed by atoms with Gasteiger partial charge in [-0.2, -0.15) is 0 Å². The standard InChI is InChI=1S/C14H22ClNO/c1-10(2)12-9-13(15)11(3)8-14(12)17-7-5-6-16-4/h8-10,16H,5-7H2,1-4H3. The molecule has 3 heteroatoms. The lowest BCUT2D eigenvalue weighted by molar-refractivity contribution is 0.305. The molecule has 2 nitrogen and oxygen atoms in total. The van der Waals surface area contributed by atoms with Crippen molar-refractivity contribution in [3.05, 3.63) is 28.3 Å². The minimum Gasteiger partial charge on any atom is -0.493 e. The maximum Gasteiger partial charge on any atom is 0.123 e. The molecule has 0 spiro atoms. The van der Waals surface area contributed by atoms with Crippen LogP contribution in [-0.4, -0.2) is 20.2 Å². The zero-order valence-corrected chi connectivity index (χ0v) is 11.9. The van der Waals surface area contributed by atoms with Crippen LogP contribution < -0.4 is 10.1 Å². The second-order valence-electron chi connectivity index (χ2n) is 4.60. The molecule has 1 aromatic rings. The van der Waals surface area contributed by atoms with E-state index < -0.39 is 0 Å². The number of halogens is 1. The summed E-state index contributed by atoms with van der Waals surface area (Å²) in [7, 11) is 1.95. The number of hydrogen-bond donors (Lipinski definition) is 1. The fraction of sp³-hybridized carbons (Fsp3) is 0.571. The molecule has 0 bridgehead atoms. The molecule has 0 unspecified atom stereocenters. The third-order valence-corrected chi connectivity index (χ3v) is 3.15. The fourth-order valence-electron chi connectivity index (χ4n) is 1.68. The van der Waals surface area contributed by atoms with E-state index in [0.717, 1.165) is 35.9 Å². The molecule has 0 aromatic heterocycles. The molecule has 0 atom stereocenters. The molecular weight excluding hydrogens is 234 g/mol. The Kier molecular flexibility index (Phi) is 5.79. The lowest BCUT2D eigenvalue weighted by atomic mass is 10.0. The summed E-state index contributed by atoms with van der Waals surface area (Å²) in [6.45, 7) is 8.03. The van der Waals surface area contributed by atoms with Crippen molar-refractivity contribution in [3.63, 3.8) is 0 Å². The Morgan fingerprint density at radius 3 is 2.65 bits per heavy atom. The Bertz CT molecular complexity index is 363. The van der Waals surface area contributed by atoms with Crippen LogP contribution in [-0.2, 0) is 0 Å². The Hall–Kier alpha value is -0.730. The molecule has 17 heavy (non-hydrogen) atoms. The summed E-state index contributed by atoms with van der Waals surface area (Å²) in [5, 5.41) is 3.93. The number of aryl methyl sites for hydroxylation is 1. The average molecular weight is 256 g/mol. The molecule has 96 valence electrons. The van der Waals surface area contributed by atoms with Crippen molar-refractivity contribution >= 4 is 11.6 Å². The van der Waals surface area contributed by atoms with Gasteiger partial charge in [-0.05, 0) is 56.1 Å². The van der Waals surface area contributed by atoms with Crippen LogP contribution in [0.5, 0.6) is 5.75 Å². The maximum atomic E-state index is 6.15. The first-order chi connectivity index (χ1) is 8.06. The summed E-state index contributed by atoms with van der Waals surface area (Å²) >= 11 is 6.15. The Morgan fingerprint density at radius 1 is 1.35 bits per heavy atom. The van der Waals surface area contributed by atoms with Gasteiger partial charge >= 0.3 is 0 Å². The summed E-state index contributed by atoms with van der Waals surface area (Å²) in [4.78, 5) is 0. The summed E-state index contributed by atoms with van der Waals surface area (Å²) in [5.41, 5.74) is 2.25. The van der Waals surface area contributed by atoms with E-state index in [4.69, 9.17) is 16.3 Å². The quantitative estimate of drug-likeness (QED) is 0.782. The van der Waals surface area contributed by atoms with Gasteiger partial charge in [0.1, 0.15) is 5.75 Å². The van der Waals surface area contributed by atoms with Crippen molar-refractivity contribution < 1.29 is 4.74 Å². The van der Waals surface area contributed by atoms with Crippen molar-refractivity contribution in [3.8, 4) is 5.75 Å². The molecule has 0 aliphatic carbocycles. The molecule has 0 saturated heterocycles. The van der Waals surface area contributed by atoms with E-state index in [-0.39, 0.29) is 0 Å². The first-order valence-corrected chi connectivity index (χ1v) is 6.51. The van der Waals surface area contributed by atoms with E-state index >= 15 is 0 Å². The van der Waals surface area contributed by atoms with Gasteiger partial charge in [0, 0.05) is 5.02 Å². The van der Waals surface area contributed by atoms with Crippen LogP contribution in [0, 0.1) is 6.92 Å². The van der Waals surface area contributed by atoms with Crippen molar-refractivity contribution in [1.82, 2.24) is 5.32 Å². The SMILES string of the molecule is CNCCCOc1cc(C)c(Cl)cc1C(C)C. The number of hydrogen-bond acceptors (Lipinski definition) is 2. The van der Waals surface area contributed by atoms with Gasteiger partial charge in [-0.1, -0.05) is 25.4 Å². The van der Waals surface area contributed by atoms with Crippen LogP contribution in [0.4, 0.5) is 0 Å².